The lowest BCUT2D eigenvalue weighted by atomic mass is 9.87. The minimum absolute atomic E-state index is 0.0590. The number of likely N-dealkylation sites (N-methyl/N-ethyl adjacent to an activating group) is 1. The number of benzene rings is 1. The number of ether oxygens (including phenoxy) is 1. The van der Waals surface area contributed by atoms with Gasteiger partial charge in [0, 0.05) is 13.6 Å². The minimum atomic E-state index is -2.03. The molecule has 0 saturated carbocycles. The summed E-state index contributed by atoms with van der Waals surface area (Å²) < 4.78 is 48.3. The maximum absolute atomic E-state index is 14.7. The molecule has 0 aliphatic carbocycles. The number of thiazole rings is 1. The fourth-order valence-electron chi connectivity index (χ4n) is 3.01. The first kappa shape index (κ1) is 36.0. The number of carbonyl (C=O) groups excluding carboxylic acids is 1. The van der Waals surface area contributed by atoms with Gasteiger partial charge in [-0.15, -0.1) is 0 Å². The molecule has 1 aromatic heterocycles. The summed E-state index contributed by atoms with van der Waals surface area (Å²) >= 11 is 6.98. The lowest BCUT2D eigenvalue weighted by Crippen LogP contribution is -2.45. The molecule has 0 bridgehead atoms. The number of halogens is 3. The van der Waals surface area contributed by atoms with E-state index in [4.69, 9.17) is 16.3 Å². The van der Waals surface area contributed by atoms with Crippen LogP contribution in [0, 0.1) is 16.4 Å². The summed E-state index contributed by atoms with van der Waals surface area (Å²) in [6.07, 6.45) is 1.16. The summed E-state index contributed by atoms with van der Waals surface area (Å²) in [5.41, 5.74) is -0.447. The highest BCUT2D eigenvalue weighted by atomic mass is 35.5. The number of nitrogens with zero attached hydrogens (tertiary/aromatic N) is 2. The molecule has 2 aromatic rings. The van der Waals surface area contributed by atoms with E-state index in [1.165, 1.54) is 11.0 Å². The van der Waals surface area contributed by atoms with Crippen molar-refractivity contribution in [2.24, 2.45) is 5.41 Å². The monoisotopic (exact) mass is 596 g/mol. The first-order valence-corrected chi connectivity index (χ1v) is 14.9. The molecule has 0 saturated heterocycles. The SMILES string of the molecule is CC.CC.CN(C(=O)OC(C)(C)C)C(CNc1cc(F)c(S(=O)Nc2ncc(F)s2)cc1Cl)CC(C)(C)C. The van der Waals surface area contributed by atoms with Crippen LogP contribution in [0.3, 0.4) is 0 Å². The van der Waals surface area contributed by atoms with Crippen molar-refractivity contribution in [1.82, 2.24) is 9.88 Å². The fourth-order valence-corrected chi connectivity index (χ4v) is 4.87. The third-order valence-electron chi connectivity index (χ3n) is 4.48. The van der Waals surface area contributed by atoms with E-state index >= 15 is 0 Å². The van der Waals surface area contributed by atoms with Crippen molar-refractivity contribution in [3.63, 3.8) is 0 Å². The van der Waals surface area contributed by atoms with Crippen molar-refractivity contribution < 1.29 is 22.5 Å². The summed E-state index contributed by atoms with van der Waals surface area (Å²) in [4.78, 5) is 17.7. The van der Waals surface area contributed by atoms with Gasteiger partial charge in [-0.05, 0) is 44.7 Å². The van der Waals surface area contributed by atoms with Crippen molar-refractivity contribution in [3.05, 3.63) is 34.3 Å². The van der Waals surface area contributed by atoms with Crippen LogP contribution in [-0.4, -0.2) is 45.4 Å². The molecule has 2 N–H and O–H groups in total. The van der Waals surface area contributed by atoms with Crippen LogP contribution >= 0.6 is 22.9 Å². The van der Waals surface area contributed by atoms with Crippen molar-refractivity contribution in [2.45, 2.75) is 92.2 Å². The fraction of sp³-hybridized carbons (Fsp3) is 0.615. The zero-order valence-corrected chi connectivity index (χ0v) is 26.7. The number of hydrogen-bond acceptors (Lipinski definition) is 6. The van der Waals surface area contributed by atoms with Gasteiger partial charge in [0.15, 0.2) is 21.2 Å². The lowest BCUT2D eigenvalue weighted by Gasteiger charge is -2.34. The molecule has 38 heavy (non-hydrogen) atoms. The molecule has 0 aliphatic rings. The average molecular weight is 597 g/mol. The molecule has 0 radical (unpaired) electrons. The molecule has 2 rings (SSSR count). The van der Waals surface area contributed by atoms with Crippen LogP contribution in [0.25, 0.3) is 0 Å². The number of hydrogen-bond donors (Lipinski definition) is 2. The molecule has 7 nitrogen and oxygen atoms in total. The van der Waals surface area contributed by atoms with E-state index < -0.39 is 33.6 Å². The zero-order chi connectivity index (χ0) is 29.8. The average Bonchev–Trinajstić information content (AvgIpc) is 3.22. The minimum Gasteiger partial charge on any atom is -0.444 e. The Balaban J connectivity index is 0.00000326. The van der Waals surface area contributed by atoms with Gasteiger partial charge in [0.25, 0.3) is 0 Å². The third kappa shape index (κ3) is 12.7. The second-order valence-electron chi connectivity index (χ2n) is 9.99. The Kier molecular flexibility index (Phi) is 15.4. The maximum Gasteiger partial charge on any atom is 0.410 e. The number of nitrogens with one attached hydrogen (secondary N) is 2. The van der Waals surface area contributed by atoms with E-state index in [1.807, 2.05) is 27.7 Å². The number of aromatic nitrogens is 1. The molecule has 12 heteroatoms. The summed E-state index contributed by atoms with van der Waals surface area (Å²) in [6, 6.07) is 2.11. The van der Waals surface area contributed by atoms with Crippen LogP contribution in [0.4, 0.5) is 24.4 Å². The van der Waals surface area contributed by atoms with Gasteiger partial charge in [0.05, 0.1) is 27.8 Å². The van der Waals surface area contributed by atoms with Crippen molar-refractivity contribution in [3.8, 4) is 0 Å². The molecule has 0 fully saturated rings. The number of amides is 1. The molecular weight excluding hydrogens is 554 g/mol. The molecule has 218 valence electrons. The second kappa shape index (κ2) is 16.2. The van der Waals surface area contributed by atoms with E-state index in [0.29, 0.717) is 17.8 Å². The first-order chi connectivity index (χ1) is 17.6. The Morgan fingerprint density at radius 3 is 2.21 bits per heavy atom. The van der Waals surface area contributed by atoms with Crippen molar-refractivity contribution in [2.75, 3.05) is 23.6 Å². The smallest absolute Gasteiger partial charge is 0.410 e. The highest BCUT2D eigenvalue weighted by Crippen LogP contribution is 2.30. The van der Waals surface area contributed by atoms with Gasteiger partial charge in [-0.2, -0.15) is 4.39 Å². The zero-order valence-electron chi connectivity index (χ0n) is 24.3. The predicted octanol–water partition coefficient (Wildman–Crippen LogP) is 8.35. The summed E-state index contributed by atoms with van der Waals surface area (Å²) in [7, 11) is -0.366. The maximum atomic E-state index is 14.7. The molecule has 1 amide bonds. The van der Waals surface area contributed by atoms with Gasteiger partial charge in [0.2, 0.25) is 0 Å². The van der Waals surface area contributed by atoms with Gasteiger partial charge in [-0.25, -0.2) is 18.4 Å². The lowest BCUT2D eigenvalue weighted by molar-refractivity contribution is 0.0199. The molecule has 2 atom stereocenters. The Bertz CT molecular complexity index is 1040. The van der Waals surface area contributed by atoms with Gasteiger partial charge in [-0.3, -0.25) is 4.72 Å². The van der Waals surface area contributed by atoms with Crippen LogP contribution in [-0.2, 0) is 15.7 Å². The van der Waals surface area contributed by atoms with Crippen LogP contribution < -0.4 is 10.0 Å². The third-order valence-corrected chi connectivity index (χ3v) is 6.72. The second-order valence-corrected chi connectivity index (χ2v) is 12.6. The highest BCUT2D eigenvalue weighted by Gasteiger charge is 2.29. The van der Waals surface area contributed by atoms with Crippen LogP contribution in [0.2, 0.25) is 5.02 Å². The van der Waals surface area contributed by atoms with Gasteiger partial charge >= 0.3 is 6.09 Å². The topological polar surface area (TPSA) is 83.6 Å². The van der Waals surface area contributed by atoms with Crippen molar-refractivity contribution >= 4 is 50.8 Å². The summed E-state index contributed by atoms with van der Waals surface area (Å²) in [5.74, 6) is -0.761. The van der Waals surface area contributed by atoms with E-state index in [1.54, 1.807) is 27.8 Å². The molecule has 1 heterocycles. The molecule has 2 unspecified atom stereocenters. The van der Waals surface area contributed by atoms with Crippen LogP contribution in [0.1, 0.15) is 75.7 Å². The van der Waals surface area contributed by atoms with E-state index in [0.717, 1.165) is 12.3 Å². The Morgan fingerprint density at radius 1 is 1.16 bits per heavy atom. The van der Waals surface area contributed by atoms with E-state index in [2.05, 4.69) is 35.8 Å². The Morgan fingerprint density at radius 2 is 1.74 bits per heavy atom. The van der Waals surface area contributed by atoms with E-state index in [-0.39, 0.29) is 38.7 Å². The van der Waals surface area contributed by atoms with Gasteiger partial charge in [0.1, 0.15) is 11.4 Å². The first-order valence-electron chi connectivity index (χ1n) is 12.5. The number of rotatable bonds is 8. The number of anilines is 2. The Labute approximate surface area is 238 Å². The Hall–Kier alpha value is -1.98. The largest absolute Gasteiger partial charge is 0.444 e. The summed E-state index contributed by atoms with van der Waals surface area (Å²) in [5, 5.41) is 2.74. The van der Waals surface area contributed by atoms with Crippen LogP contribution in [0.15, 0.2) is 23.2 Å². The van der Waals surface area contributed by atoms with Crippen molar-refractivity contribution in [1.29, 1.82) is 0 Å². The quantitative estimate of drug-likeness (QED) is 0.320. The standard InChI is InChI=1S/C22H31ClF2N4O3S2.2C2H6/c1-21(2,3)10-13(29(7)20(30)32-22(4,5)6)11-26-16-9-15(24)17(8-14(16)23)34(31)28-19-27-12-18(25)33-19;2*1-2/h8-9,12-13,26H,10-11H2,1-7H3,(H,27,28);2*1-2H3. The normalized spacial score (nSPS) is 12.7. The molecule has 1 aromatic carbocycles. The summed E-state index contributed by atoms with van der Waals surface area (Å²) in [6.45, 7) is 19.8. The van der Waals surface area contributed by atoms with Gasteiger partial charge < -0.3 is 15.0 Å². The molecular formula is C26H43ClF2N4O3S2. The number of carbonyl (C=O) groups is 1. The highest BCUT2D eigenvalue weighted by molar-refractivity contribution is 7.86. The molecule has 0 spiro atoms. The molecule has 0 aliphatic heterocycles. The van der Waals surface area contributed by atoms with Crippen LogP contribution in [0.5, 0.6) is 0 Å². The predicted molar refractivity (Wildman–Crippen MR) is 157 cm³/mol. The van der Waals surface area contributed by atoms with E-state index in [9.17, 15) is 17.8 Å². The van der Waals surface area contributed by atoms with Gasteiger partial charge in [-0.1, -0.05) is 71.4 Å².